The maximum absolute atomic E-state index is 13.9. The molecule has 1 unspecified atom stereocenters. The predicted octanol–water partition coefficient (Wildman–Crippen LogP) is 4.15. The number of aromatic amines is 1. The average molecular weight is 407 g/mol. The highest BCUT2D eigenvalue weighted by molar-refractivity contribution is 5.90. The van der Waals surface area contributed by atoms with Crippen LogP contribution in [0.2, 0.25) is 0 Å². The molecule has 2 aliphatic heterocycles. The normalized spacial score (nSPS) is 20.1. The highest BCUT2D eigenvalue weighted by atomic mass is 19.1. The monoisotopic (exact) mass is 407 g/mol. The van der Waals surface area contributed by atoms with Crippen LogP contribution in [0.5, 0.6) is 0 Å². The van der Waals surface area contributed by atoms with E-state index in [1.165, 1.54) is 6.07 Å². The number of rotatable bonds is 4. The summed E-state index contributed by atoms with van der Waals surface area (Å²) >= 11 is 0. The summed E-state index contributed by atoms with van der Waals surface area (Å²) in [6, 6.07) is 6.05. The van der Waals surface area contributed by atoms with Gasteiger partial charge in [-0.15, -0.1) is 0 Å². The van der Waals surface area contributed by atoms with E-state index in [-0.39, 0.29) is 11.5 Å². The molecular weight excluding hydrogens is 384 g/mol. The highest BCUT2D eigenvalue weighted by Gasteiger charge is 2.27. The van der Waals surface area contributed by atoms with Gasteiger partial charge in [0.05, 0.1) is 0 Å². The Hall–Kier alpha value is -3.06. The number of H-pyrrole nitrogens is 1. The first-order valence-electron chi connectivity index (χ1n) is 10.3. The van der Waals surface area contributed by atoms with Crippen LogP contribution in [0.1, 0.15) is 35.4 Å². The van der Waals surface area contributed by atoms with Crippen molar-refractivity contribution in [1.29, 1.82) is 0 Å². The van der Waals surface area contributed by atoms with E-state index in [4.69, 9.17) is 0 Å². The molecule has 1 atom stereocenters. The molecule has 2 aliphatic rings. The number of nitrogens with zero attached hydrogens (tertiary/aromatic N) is 3. The zero-order chi connectivity index (χ0) is 20.5. The van der Waals surface area contributed by atoms with Crippen molar-refractivity contribution >= 4 is 29.4 Å². The number of hydrazone groups is 1. The maximum Gasteiger partial charge on any atom is 0.137 e. The van der Waals surface area contributed by atoms with Crippen molar-refractivity contribution in [3.63, 3.8) is 0 Å². The first kappa shape index (κ1) is 18.9. The smallest absolute Gasteiger partial charge is 0.137 e. The van der Waals surface area contributed by atoms with Gasteiger partial charge in [-0.2, -0.15) is 5.10 Å². The summed E-state index contributed by atoms with van der Waals surface area (Å²) in [6.07, 6.45) is 11.3. The number of hydrogen-bond donors (Lipinski definition) is 2. The lowest BCUT2D eigenvalue weighted by atomic mass is 9.99. The van der Waals surface area contributed by atoms with Crippen LogP contribution in [0.15, 0.2) is 41.8 Å². The van der Waals surface area contributed by atoms with Crippen LogP contribution in [0.25, 0.3) is 23.2 Å². The van der Waals surface area contributed by atoms with Gasteiger partial charge in [0.15, 0.2) is 0 Å². The quantitative estimate of drug-likeness (QED) is 0.683. The second-order valence-corrected chi connectivity index (χ2v) is 7.88. The van der Waals surface area contributed by atoms with Gasteiger partial charge in [-0.3, -0.25) is 5.01 Å². The summed E-state index contributed by atoms with van der Waals surface area (Å²) < 4.78 is 27.3. The number of fused-ring (bicyclic) bond motifs is 1. The van der Waals surface area contributed by atoms with Crippen molar-refractivity contribution in [3.8, 4) is 0 Å². The minimum absolute atomic E-state index is 0.198. The summed E-state index contributed by atoms with van der Waals surface area (Å²) in [5, 5.41) is 11.2. The van der Waals surface area contributed by atoms with Crippen LogP contribution < -0.4 is 5.32 Å². The second-order valence-electron chi connectivity index (χ2n) is 7.88. The molecule has 154 valence electrons. The highest BCUT2D eigenvalue weighted by Crippen LogP contribution is 2.28. The summed E-state index contributed by atoms with van der Waals surface area (Å²) in [5.41, 5.74) is 2.97. The van der Waals surface area contributed by atoms with Crippen molar-refractivity contribution in [2.45, 2.75) is 24.8 Å². The average Bonchev–Trinajstić information content (AvgIpc) is 3.42. The molecule has 0 amide bonds. The molecule has 1 aromatic carbocycles. The molecule has 5 rings (SSSR count). The summed E-state index contributed by atoms with van der Waals surface area (Å²) in [7, 11) is 0. The first-order chi connectivity index (χ1) is 14.7. The number of nitrogens with one attached hydrogen (secondary N) is 2. The lowest BCUT2D eigenvalue weighted by Crippen LogP contribution is -2.40. The third-order valence-corrected chi connectivity index (χ3v) is 5.92. The Balaban J connectivity index is 1.38. The first-order valence-corrected chi connectivity index (χ1v) is 10.3. The van der Waals surface area contributed by atoms with E-state index in [1.807, 2.05) is 18.6 Å². The van der Waals surface area contributed by atoms with Crippen LogP contribution in [-0.2, 0) is 0 Å². The molecule has 0 radical (unpaired) electrons. The second kappa shape index (κ2) is 7.99. The predicted molar refractivity (Wildman–Crippen MR) is 115 cm³/mol. The Kier molecular flexibility index (Phi) is 5.04. The van der Waals surface area contributed by atoms with E-state index in [0.717, 1.165) is 66.8 Å². The number of aromatic nitrogens is 2. The van der Waals surface area contributed by atoms with E-state index in [9.17, 15) is 8.78 Å². The number of halogens is 2. The van der Waals surface area contributed by atoms with Crippen molar-refractivity contribution in [3.05, 3.63) is 65.0 Å². The van der Waals surface area contributed by atoms with Crippen LogP contribution in [0.4, 0.5) is 8.78 Å². The van der Waals surface area contributed by atoms with Gasteiger partial charge >= 0.3 is 0 Å². The molecule has 4 heterocycles. The standard InChI is InChI=1S/C23H23F2N5/c24-19-3-4-22(25)15(9-19)1-2-16-11-27-23-21(16)10-17(12-28-23)18-13-29-30(14-18)20-5-7-26-8-6-20/h1-4,9-13,18,20,26H,5-8,14H2,(H,27,28)/b2-1+. The Morgan fingerprint density at radius 2 is 1.90 bits per heavy atom. The Morgan fingerprint density at radius 1 is 1.07 bits per heavy atom. The molecule has 0 aliphatic carbocycles. The molecule has 7 heteroatoms. The fourth-order valence-electron chi connectivity index (χ4n) is 4.20. The number of benzene rings is 1. The molecule has 0 spiro atoms. The van der Waals surface area contributed by atoms with Crippen molar-refractivity contribution < 1.29 is 8.78 Å². The van der Waals surface area contributed by atoms with E-state index in [0.29, 0.717) is 6.04 Å². The third kappa shape index (κ3) is 3.73. The van der Waals surface area contributed by atoms with Gasteiger partial charge in [-0.05, 0) is 55.8 Å². The summed E-state index contributed by atoms with van der Waals surface area (Å²) in [5.74, 6) is -0.714. The minimum Gasteiger partial charge on any atom is -0.346 e. The molecule has 0 bridgehead atoms. The fraction of sp³-hybridized carbons (Fsp3) is 0.304. The number of piperidine rings is 1. The van der Waals surface area contributed by atoms with E-state index in [1.54, 1.807) is 12.2 Å². The summed E-state index contributed by atoms with van der Waals surface area (Å²) in [6.45, 7) is 2.95. The minimum atomic E-state index is -0.460. The SMILES string of the molecule is Fc1ccc(F)c(/C=C/c2c[nH]c3ncc(C4C=NN(C5CCNCC5)C4)cc23)c1. The van der Waals surface area contributed by atoms with Crippen molar-refractivity contribution in [2.24, 2.45) is 5.10 Å². The molecule has 2 aromatic heterocycles. The molecule has 1 fully saturated rings. The molecule has 3 aromatic rings. The number of pyridine rings is 1. The lowest BCUT2D eigenvalue weighted by molar-refractivity contribution is 0.181. The third-order valence-electron chi connectivity index (χ3n) is 5.92. The van der Waals surface area contributed by atoms with Crippen LogP contribution in [0, 0.1) is 11.6 Å². The van der Waals surface area contributed by atoms with Gasteiger partial charge < -0.3 is 10.3 Å². The fourth-order valence-corrected chi connectivity index (χ4v) is 4.20. The summed E-state index contributed by atoms with van der Waals surface area (Å²) in [4.78, 5) is 7.70. The van der Waals surface area contributed by atoms with Crippen LogP contribution in [0.3, 0.4) is 0 Å². The van der Waals surface area contributed by atoms with Crippen molar-refractivity contribution in [2.75, 3.05) is 19.6 Å². The Morgan fingerprint density at radius 3 is 2.77 bits per heavy atom. The molecule has 2 N–H and O–H groups in total. The van der Waals surface area contributed by atoms with Gasteiger partial charge in [-0.1, -0.05) is 12.2 Å². The van der Waals surface area contributed by atoms with Gasteiger partial charge in [0, 0.05) is 53.6 Å². The van der Waals surface area contributed by atoms with E-state index in [2.05, 4.69) is 31.5 Å². The van der Waals surface area contributed by atoms with E-state index >= 15 is 0 Å². The Bertz CT molecular complexity index is 1110. The van der Waals surface area contributed by atoms with Gasteiger partial charge in [0.25, 0.3) is 0 Å². The van der Waals surface area contributed by atoms with Crippen LogP contribution >= 0.6 is 0 Å². The number of hydrogen-bond acceptors (Lipinski definition) is 4. The van der Waals surface area contributed by atoms with Gasteiger partial charge in [0.2, 0.25) is 0 Å². The zero-order valence-corrected chi connectivity index (χ0v) is 16.5. The van der Waals surface area contributed by atoms with Gasteiger partial charge in [-0.25, -0.2) is 13.8 Å². The zero-order valence-electron chi connectivity index (χ0n) is 16.5. The molecule has 0 saturated carbocycles. The van der Waals surface area contributed by atoms with Crippen LogP contribution in [-0.4, -0.2) is 46.9 Å². The van der Waals surface area contributed by atoms with E-state index < -0.39 is 11.6 Å². The lowest BCUT2D eigenvalue weighted by Gasteiger charge is -2.30. The maximum atomic E-state index is 13.9. The molecule has 5 nitrogen and oxygen atoms in total. The molecular formula is C23H23F2N5. The Labute approximate surface area is 173 Å². The molecule has 1 saturated heterocycles. The molecule has 30 heavy (non-hydrogen) atoms. The van der Waals surface area contributed by atoms with Gasteiger partial charge in [0.1, 0.15) is 17.3 Å². The van der Waals surface area contributed by atoms with Crippen molar-refractivity contribution in [1.82, 2.24) is 20.3 Å². The largest absolute Gasteiger partial charge is 0.346 e. The topological polar surface area (TPSA) is 56.3 Å².